The van der Waals surface area contributed by atoms with Crippen LogP contribution in [-0.4, -0.2) is 61.6 Å². The summed E-state index contributed by atoms with van der Waals surface area (Å²) in [5.41, 5.74) is 1.23. The van der Waals surface area contributed by atoms with Crippen molar-refractivity contribution in [2.24, 2.45) is 4.99 Å². The topological polar surface area (TPSA) is 30.9 Å². The van der Waals surface area contributed by atoms with Crippen LogP contribution in [0.5, 0.6) is 0 Å². The van der Waals surface area contributed by atoms with Crippen molar-refractivity contribution in [3.05, 3.63) is 34.9 Å². The van der Waals surface area contributed by atoms with E-state index < -0.39 is 0 Å². The van der Waals surface area contributed by atoms with Gasteiger partial charge in [-0.2, -0.15) is 0 Å². The van der Waals surface area contributed by atoms with Crippen LogP contribution in [0.3, 0.4) is 0 Å². The zero-order chi connectivity index (χ0) is 16.8. The molecule has 0 aliphatic carbocycles. The average Bonchev–Trinajstić information content (AvgIpc) is 3.27. The van der Waals surface area contributed by atoms with Crippen molar-refractivity contribution in [1.29, 1.82) is 0 Å². The lowest BCUT2D eigenvalue weighted by Crippen LogP contribution is -2.43. The molecule has 2 aliphatic rings. The Hall–Kier alpha value is -1.26. The number of nitrogens with zero attached hydrogens (tertiary/aromatic N) is 3. The summed E-state index contributed by atoms with van der Waals surface area (Å²) in [5, 5.41) is 4.40. The molecule has 1 atom stereocenters. The predicted octanol–water partition coefficient (Wildman–Crippen LogP) is 3.02. The molecule has 3 rings (SSSR count). The van der Waals surface area contributed by atoms with Gasteiger partial charge in [0.25, 0.3) is 0 Å². The number of rotatable bonds is 5. The van der Waals surface area contributed by atoms with Gasteiger partial charge >= 0.3 is 0 Å². The Morgan fingerprint density at radius 2 is 2.04 bits per heavy atom. The largest absolute Gasteiger partial charge is 0.356 e. The number of aliphatic imine (C=N–C) groups is 1. The number of hydrogen-bond donors (Lipinski definition) is 1. The third-order valence-corrected chi connectivity index (χ3v) is 5.56. The Bertz CT molecular complexity index is 554. The second-order valence-corrected chi connectivity index (χ2v) is 7.21. The molecule has 24 heavy (non-hydrogen) atoms. The van der Waals surface area contributed by atoms with Gasteiger partial charge in [-0.15, -0.1) is 0 Å². The molecule has 2 heterocycles. The molecule has 132 valence electrons. The lowest BCUT2D eigenvalue weighted by Gasteiger charge is -2.25. The number of benzene rings is 1. The highest BCUT2D eigenvalue weighted by atomic mass is 35.5. The molecular weight excluding hydrogens is 320 g/mol. The van der Waals surface area contributed by atoms with Gasteiger partial charge in [-0.3, -0.25) is 9.89 Å². The maximum Gasteiger partial charge on any atom is 0.193 e. The molecule has 0 spiro atoms. The van der Waals surface area contributed by atoms with Crippen molar-refractivity contribution in [3.63, 3.8) is 0 Å². The van der Waals surface area contributed by atoms with E-state index in [-0.39, 0.29) is 0 Å². The van der Waals surface area contributed by atoms with E-state index in [1.807, 2.05) is 19.2 Å². The fraction of sp³-hybridized carbons (Fsp3) is 0.632. The molecule has 4 nitrogen and oxygen atoms in total. The SMILES string of the molecule is CN=C(NCCCc1ccccc1Cl)N1CCC(N2CCCC2)C1. The van der Waals surface area contributed by atoms with Gasteiger partial charge in [0.15, 0.2) is 5.96 Å². The molecule has 0 saturated carbocycles. The summed E-state index contributed by atoms with van der Waals surface area (Å²) in [4.78, 5) is 9.55. The van der Waals surface area contributed by atoms with Gasteiger partial charge in [0.2, 0.25) is 0 Å². The van der Waals surface area contributed by atoms with E-state index in [1.54, 1.807) is 0 Å². The average molecular weight is 349 g/mol. The van der Waals surface area contributed by atoms with E-state index in [0.717, 1.165) is 43.5 Å². The van der Waals surface area contributed by atoms with Crippen LogP contribution in [0.1, 0.15) is 31.2 Å². The Kier molecular flexibility index (Phi) is 6.38. The van der Waals surface area contributed by atoms with Crippen LogP contribution in [0.2, 0.25) is 5.02 Å². The first-order chi connectivity index (χ1) is 11.8. The van der Waals surface area contributed by atoms with Crippen LogP contribution >= 0.6 is 11.6 Å². The smallest absolute Gasteiger partial charge is 0.193 e. The number of hydrogen-bond acceptors (Lipinski definition) is 2. The van der Waals surface area contributed by atoms with Crippen LogP contribution in [0.4, 0.5) is 0 Å². The Balaban J connectivity index is 1.41. The van der Waals surface area contributed by atoms with E-state index in [1.165, 1.54) is 37.9 Å². The first-order valence-corrected chi connectivity index (χ1v) is 9.59. The standard InChI is InChI=1S/C19H29ClN4/c1-21-19(22-11-6-8-16-7-2-3-9-18(16)20)24-14-10-17(15-24)23-12-4-5-13-23/h2-3,7,9,17H,4-6,8,10-15H2,1H3,(H,21,22). The Morgan fingerprint density at radius 1 is 1.25 bits per heavy atom. The van der Waals surface area contributed by atoms with Crippen molar-refractivity contribution in [3.8, 4) is 0 Å². The molecule has 0 bridgehead atoms. The molecule has 0 radical (unpaired) electrons. The monoisotopic (exact) mass is 348 g/mol. The van der Waals surface area contributed by atoms with Gasteiger partial charge in [0, 0.05) is 37.7 Å². The third-order valence-electron chi connectivity index (χ3n) is 5.20. The first-order valence-electron chi connectivity index (χ1n) is 9.21. The molecule has 1 aromatic carbocycles. The van der Waals surface area contributed by atoms with Crippen molar-refractivity contribution in [1.82, 2.24) is 15.1 Å². The predicted molar refractivity (Wildman–Crippen MR) is 102 cm³/mol. The highest BCUT2D eigenvalue weighted by Gasteiger charge is 2.30. The summed E-state index contributed by atoms with van der Waals surface area (Å²) in [5.74, 6) is 1.05. The van der Waals surface area contributed by atoms with Crippen LogP contribution in [0.25, 0.3) is 0 Å². The minimum atomic E-state index is 0.717. The van der Waals surface area contributed by atoms with Crippen LogP contribution in [-0.2, 0) is 6.42 Å². The van der Waals surface area contributed by atoms with Crippen molar-refractivity contribution in [2.75, 3.05) is 39.8 Å². The fourth-order valence-electron chi connectivity index (χ4n) is 3.85. The minimum Gasteiger partial charge on any atom is -0.356 e. The summed E-state index contributed by atoms with van der Waals surface area (Å²) in [7, 11) is 1.89. The summed E-state index contributed by atoms with van der Waals surface area (Å²) >= 11 is 6.22. The van der Waals surface area contributed by atoms with Gasteiger partial charge in [0.1, 0.15) is 0 Å². The number of halogens is 1. The van der Waals surface area contributed by atoms with E-state index in [4.69, 9.17) is 11.6 Å². The van der Waals surface area contributed by atoms with E-state index in [2.05, 4.69) is 32.2 Å². The second-order valence-electron chi connectivity index (χ2n) is 6.80. The fourth-order valence-corrected chi connectivity index (χ4v) is 4.08. The first kappa shape index (κ1) is 17.6. The van der Waals surface area contributed by atoms with E-state index >= 15 is 0 Å². The van der Waals surface area contributed by atoms with Crippen molar-refractivity contribution < 1.29 is 0 Å². The van der Waals surface area contributed by atoms with Crippen LogP contribution < -0.4 is 5.32 Å². The van der Waals surface area contributed by atoms with Gasteiger partial charge in [-0.1, -0.05) is 29.8 Å². The molecule has 2 aliphatic heterocycles. The third kappa shape index (κ3) is 4.42. The molecule has 0 aromatic heterocycles. The Labute approximate surface area is 150 Å². The molecular formula is C19H29ClN4. The summed E-state index contributed by atoms with van der Waals surface area (Å²) in [6, 6.07) is 8.82. The second kappa shape index (κ2) is 8.72. The van der Waals surface area contributed by atoms with E-state index in [0.29, 0.717) is 6.04 Å². The normalized spacial score (nSPS) is 22.3. The highest BCUT2D eigenvalue weighted by Crippen LogP contribution is 2.20. The summed E-state index contributed by atoms with van der Waals surface area (Å²) in [6.45, 7) is 5.73. The highest BCUT2D eigenvalue weighted by molar-refractivity contribution is 6.31. The number of likely N-dealkylation sites (tertiary alicyclic amines) is 2. The minimum absolute atomic E-state index is 0.717. The zero-order valence-electron chi connectivity index (χ0n) is 14.7. The molecule has 1 aromatic rings. The quantitative estimate of drug-likeness (QED) is 0.504. The van der Waals surface area contributed by atoms with Gasteiger partial charge < -0.3 is 10.2 Å². The summed E-state index contributed by atoms with van der Waals surface area (Å²) in [6.07, 6.45) is 6.06. The van der Waals surface area contributed by atoms with E-state index in [9.17, 15) is 0 Å². The van der Waals surface area contributed by atoms with Gasteiger partial charge in [0.05, 0.1) is 0 Å². The van der Waals surface area contributed by atoms with Crippen LogP contribution in [0, 0.1) is 0 Å². The zero-order valence-corrected chi connectivity index (χ0v) is 15.4. The van der Waals surface area contributed by atoms with Crippen LogP contribution in [0.15, 0.2) is 29.3 Å². The molecule has 1 N–H and O–H groups in total. The molecule has 2 fully saturated rings. The number of aryl methyl sites for hydroxylation is 1. The number of nitrogens with one attached hydrogen (secondary N) is 1. The van der Waals surface area contributed by atoms with Crippen molar-refractivity contribution in [2.45, 2.75) is 38.1 Å². The molecule has 1 unspecified atom stereocenters. The maximum atomic E-state index is 6.22. The molecule has 0 amide bonds. The lowest BCUT2D eigenvalue weighted by molar-refractivity contribution is 0.249. The summed E-state index contributed by atoms with van der Waals surface area (Å²) < 4.78 is 0. The van der Waals surface area contributed by atoms with Crippen molar-refractivity contribution >= 4 is 17.6 Å². The van der Waals surface area contributed by atoms with Gasteiger partial charge in [-0.25, -0.2) is 0 Å². The maximum absolute atomic E-state index is 6.22. The molecule has 2 saturated heterocycles. The van der Waals surface area contributed by atoms with Gasteiger partial charge in [-0.05, 0) is 56.8 Å². The lowest BCUT2D eigenvalue weighted by atomic mass is 10.1. The number of guanidine groups is 1. The Morgan fingerprint density at radius 3 is 2.79 bits per heavy atom. The molecule has 5 heteroatoms.